The molecule has 0 spiro atoms. The van der Waals surface area contributed by atoms with Crippen LogP contribution in [-0.2, 0) is 6.54 Å². The molecule has 0 amide bonds. The molecule has 0 unspecified atom stereocenters. The van der Waals surface area contributed by atoms with E-state index >= 15 is 0 Å². The van der Waals surface area contributed by atoms with Crippen LogP contribution in [-0.4, -0.2) is 11.4 Å². The molecule has 2 N–H and O–H groups in total. The van der Waals surface area contributed by atoms with Gasteiger partial charge in [-0.1, -0.05) is 13.8 Å². The molecule has 0 fully saturated rings. The molecule has 6 nitrogen and oxygen atoms in total. The number of nitrogens with two attached hydrogens (primary N) is 1. The third kappa shape index (κ3) is 2.53. The fraction of sp³-hybridized carbons (Fsp3) is 0.312. The second-order valence-corrected chi connectivity index (χ2v) is 5.52. The number of nitriles is 1. The molecule has 0 aliphatic carbocycles. The number of benzene rings is 1. The van der Waals surface area contributed by atoms with E-state index in [4.69, 9.17) is 19.9 Å². The minimum Gasteiger partial charge on any atom is -0.454 e. The summed E-state index contributed by atoms with van der Waals surface area (Å²) in [6, 6.07) is 9.10. The number of fused-ring (bicyclic) bond motifs is 1. The number of ether oxygens (including phenoxy) is 3. The summed E-state index contributed by atoms with van der Waals surface area (Å²) in [6.45, 7) is 5.01. The van der Waals surface area contributed by atoms with Crippen molar-refractivity contribution < 1.29 is 14.2 Å². The van der Waals surface area contributed by atoms with Gasteiger partial charge in [-0.05, 0) is 18.1 Å². The van der Waals surface area contributed by atoms with Crippen LogP contribution < -0.4 is 19.9 Å². The number of hydrogen-bond donors (Lipinski definition) is 1. The van der Waals surface area contributed by atoms with Crippen LogP contribution in [0.3, 0.4) is 0 Å². The summed E-state index contributed by atoms with van der Waals surface area (Å²) in [6.07, 6.45) is 0. The molecule has 3 rings (SSSR count). The van der Waals surface area contributed by atoms with Crippen molar-refractivity contribution in [2.45, 2.75) is 20.4 Å². The van der Waals surface area contributed by atoms with E-state index in [2.05, 4.69) is 19.9 Å². The van der Waals surface area contributed by atoms with Gasteiger partial charge in [-0.15, -0.1) is 0 Å². The summed E-state index contributed by atoms with van der Waals surface area (Å²) in [5.41, 5.74) is 6.93. The predicted octanol–water partition coefficient (Wildman–Crippen LogP) is 3.12. The molecule has 22 heavy (non-hydrogen) atoms. The Morgan fingerprint density at radius 1 is 1.32 bits per heavy atom. The van der Waals surface area contributed by atoms with Crippen molar-refractivity contribution in [1.29, 1.82) is 5.26 Å². The zero-order valence-corrected chi connectivity index (χ0v) is 12.5. The van der Waals surface area contributed by atoms with Crippen molar-refractivity contribution in [1.82, 2.24) is 4.57 Å². The molecule has 0 saturated heterocycles. The Morgan fingerprint density at radius 2 is 2.09 bits per heavy atom. The highest BCUT2D eigenvalue weighted by molar-refractivity contribution is 5.57. The van der Waals surface area contributed by atoms with E-state index in [0.29, 0.717) is 47.0 Å². The molecule has 0 saturated carbocycles. The van der Waals surface area contributed by atoms with Crippen molar-refractivity contribution in [3.8, 4) is 29.2 Å². The van der Waals surface area contributed by atoms with E-state index in [0.717, 1.165) is 0 Å². The number of aromatic nitrogens is 1. The lowest BCUT2D eigenvalue weighted by Gasteiger charge is -2.14. The first-order valence-corrected chi connectivity index (χ1v) is 7.05. The molecule has 1 aromatic heterocycles. The van der Waals surface area contributed by atoms with Gasteiger partial charge in [-0.25, -0.2) is 0 Å². The summed E-state index contributed by atoms with van der Waals surface area (Å²) in [4.78, 5) is 0. The summed E-state index contributed by atoms with van der Waals surface area (Å²) in [5, 5.41) is 9.24. The second-order valence-electron chi connectivity index (χ2n) is 5.52. The lowest BCUT2D eigenvalue weighted by Crippen LogP contribution is -2.08. The fourth-order valence-corrected chi connectivity index (χ4v) is 2.36. The first kappa shape index (κ1) is 14.1. The molecule has 0 bridgehead atoms. The molecule has 0 atom stereocenters. The number of rotatable bonds is 4. The van der Waals surface area contributed by atoms with Crippen LogP contribution in [0.1, 0.15) is 19.5 Å². The van der Waals surface area contributed by atoms with Crippen LogP contribution in [0.2, 0.25) is 0 Å². The molecule has 2 aromatic rings. The first-order chi connectivity index (χ1) is 10.6. The Balaban J connectivity index is 1.95. The van der Waals surface area contributed by atoms with Crippen LogP contribution in [0.4, 0.5) is 5.69 Å². The summed E-state index contributed by atoms with van der Waals surface area (Å²) in [5.74, 6) is 2.75. The van der Waals surface area contributed by atoms with Gasteiger partial charge in [0.2, 0.25) is 12.7 Å². The summed E-state index contributed by atoms with van der Waals surface area (Å²) < 4.78 is 18.3. The Kier molecular flexibility index (Phi) is 3.55. The number of anilines is 1. The highest BCUT2D eigenvalue weighted by Crippen LogP contribution is 2.38. The lowest BCUT2D eigenvalue weighted by molar-refractivity contribution is 0.174. The van der Waals surface area contributed by atoms with Crippen LogP contribution in [0, 0.1) is 17.2 Å². The van der Waals surface area contributed by atoms with Crippen LogP contribution >= 0.6 is 0 Å². The Labute approximate surface area is 128 Å². The van der Waals surface area contributed by atoms with Gasteiger partial charge in [-0.3, -0.25) is 0 Å². The highest BCUT2D eigenvalue weighted by Gasteiger charge is 2.18. The first-order valence-electron chi connectivity index (χ1n) is 7.05. The van der Waals surface area contributed by atoms with Crippen molar-refractivity contribution in [2.24, 2.45) is 5.92 Å². The molecule has 1 aromatic carbocycles. The van der Waals surface area contributed by atoms with Crippen LogP contribution in [0.25, 0.3) is 0 Å². The van der Waals surface area contributed by atoms with Crippen molar-refractivity contribution >= 4 is 5.69 Å². The number of nitrogens with zero attached hydrogens (tertiary/aromatic N) is 2. The van der Waals surface area contributed by atoms with Gasteiger partial charge in [0.1, 0.15) is 17.5 Å². The number of nitrogen functional groups attached to an aromatic ring is 1. The number of hydrogen-bond acceptors (Lipinski definition) is 5. The molecular weight excluding hydrogens is 282 g/mol. The minimum absolute atomic E-state index is 0.212. The topological polar surface area (TPSA) is 82.4 Å². The molecule has 1 aliphatic rings. The van der Waals surface area contributed by atoms with Crippen molar-refractivity contribution in [3.63, 3.8) is 0 Å². The van der Waals surface area contributed by atoms with E-state index in [1.165, 1.54) is 0 Å². The van der Waals surface area contributed by atoms with Gasteiger partial charge in [0, 0.05) is 18.7 Å². The quantitative estimate of drug-likeness (QED) is 0.938. The van der Waals surface area contributed by atoms with Gasteiger partial charge in [0.05, 0.1) is 5.69 Å². The van der Waals surface area contributed by atoms with Crippen molar-refractivity contribution in [3.05, 3.63) is 30.0 Å². The van der Waals surface area contributed by atoms with Gasteiger partial charge < -0.3 is 24.5 Å². The second kappa shape index (κ2) is 5.53. The smallest absolute Gasteiger partial charge is 0.231 e. The van der Waals surface area contributed by atoms with E-state index in [1.54, 1.807) is 28.8 Å². The summed E-state index contributed by atoms with van der Waals surface area (Å²) in [7, 11) is 0. The van der Waals surface area contributed by atoms with Crippen LogP contribution in [0.15, 0.2) is 24.3 Å². The third-order valence-corrected chi connectivity index (χ3v) is 3.30. The maximum atomic E-state index is 9.24. The standard InChI is InChI=1S/C16H17N3O3/c1-10(2)8-19-11(7-17)5-13(18)16(19)22-12-3-4-14-15(6-12)21-9-20-14/h3-6,10H,8-9,18H2,1-2H3. The molecule has 0 radical (unpaired) electrons. The maximum absolute atomic E-state index is 9.24. The molecule has 1 aliphatic heterocycles. The van der Waals surface area contributed by atoms with Gasteiger partial charge >= 0.3 is 0 Å². The van der Waals surface area contributed by atoms with Gasteiger partial charge in [-0.2, -0.15) is 5.26 Å². The average Bonchev–Trinajstić information content (AvgIpc) is 3.05. The average molecular weight is 299 g/mol. The van der Waals surface area contributed by atoms with E-state index in [9.17, 15) is 5.26 Å². The molecular formula is C16H17N3O3. The Hall–Kier alpha value is -2.81. The molecule has 2 heterocycles. The van der Waals surface area contributed by atoms with E-state index in [-0.39, 0.29) is 6.79 Å². The zero-order chi connectivity index (χ0) is 15.7. The maximum Gasteiger partial charge on any atom is 0.231 e. The van der Waals surface area contributed by atoms with Gasteiger partial charge in [0.15, 0.2) is 11.5 Å². The lowest BCUT2D eigenvalue weighted by atomic mass is 10.2. The normalized spacial score (nSPS) is 12.5. The predicted molar refractivity (Wildman–Crippen MR) is 81.0 cm³/mol. The molecule has 6 heteroatoms. The minimum atomic E-state index is 0.212. The SMILES string of the molecule is CC(C)Cn1c(C#N)cc(N)c1Oc1ccc2c(c1)OCO2. The van der Waals surface area contributed by atoms with Crippen molar-refractivity contribution in [2.75, 3.05) is 12.5 Å². The van der Waals surface area contributed by atoms with E-state index < -0.39 is 0 Å². The largest absolute Gasteiger partial charge is 0.454 e. The van der Waals surface area contributed by atoms with Gasteiger partial charge in [0.25, 0.3) is 0 Å². The Bertz CT molecular complexity index is 744. The zero-order valence-electron chi connectivity index (χ0n) is 12.5. The Morgan fingerprint density at radius 3 is 2.82 bits per heavy atom. The third-order valence-electron chi connectivity index (χ3n) is 3.30. The monoisotopic (exact) mass is 299 g/mol. The fourth-order valence-electron chi connectivity index (χ4n) is 2.36. The summed E-state index contributed by atoms with van der Waals surface area (Å²) >= 11 is 0. The molecule has 114 valence electrons. The van der Waals surface area contributed by atoms with E-state index in [1.807, 2.05) is 0 Å². The highest BCUT2D eigenvalue weighted by atomic mass is 16.7. The van der Waals surface area contributed by atoms with Crippen LogP contribution in [0.5, 0.6) is 23.1 Å².